The Kier molecular flexibility index (Phi) is 4.97. The van der Waals surface area contributed by atoms with Crippen LogP contribution in [0.4, 0.5) is 0 Å². The molecule has 2 rings (SSSR count). The fraction of sp³-hybridized carbons (Fsp3) is 0.176. The maximum atomic E-state index is 12.3. The molecule has 2 atom stereocenters. The van der Waals surface area contributed by atoms with Crippen molar-refractivity contribution in [3.63, 3.8) is 0 Å². The molecule has 3 nitrogen and oxygen atoms in total. The van der Waals surface area contributed by atoms with Crippen molar-refractivity contribution in [2.24, 2.45) is 0 Å². The normalized spacial score (nSPS) is 13.0. The van der Waals surface area contributed by atoms with E-state index in [9.17, 15) is 10.1 Å². The van der Waals surface area contributed by atoms with Gasteiger partial charge in [-0.3, -0.25) is 4.79 Å². The second-order valence-electron chi connectivity index (χ2n) is 4.76. The molecule has 21 heavy (non-hydrogen) atoms. The van der Waals surface area contributed by atoms with Crippen LogP contribution in [0.2, 0.25) is 5.02 Å². The first-order valence-electron chi connectivity index (χ1n) is 6.62. The second kappa shape index (κ2) is 6.92. The van der Waals surface area contributed by atoms with E-state index in [-0.39, 0.29) is 11.9 Å². The molecule has 1 amide bonds. The third-order valence-corrected chi connectivity index (χ3v) is 3.47. The monoisotopic (exact) mass is 298 g/mol. The van der Waals surface area contributed by atoms with Crippen LogP contribution in [0.15, 0.2) is 54.6 Å². The minimum atomic E-state index is -0.812. The summed E-state index contributed by atoms with van der Waals surface area (Å²) in [6.45, 7) is 1.86. The summed E-state index contributed by atoms with van der Waals surface area (Å²) in [5.41, 5.74) is 1.59. The van der Waals surface area contributed by atoms with Crippen LogP contribution in [0.3, 0.4) is 0 Å². The topological polar surface area (TPSA) is 52.9 Å². The molecule has 1 N–H and O–H groups in total. The number of nitrogens with zero attached hydrogens (tertiary/aromatic N) is 1. The van der Waals surface area contributed by atoms with Crippen LogP contribution < -0.4 is 5.32 Å². The quantitative estimate of drug-likeness (QED) is 0.933. The van der Waals surface area contributed by atoms with E-state index in [1.54, 1.807) is 24.3 Å². The summed E-state index contributed by atoms with van der Waals surface area (Å²) in [5, 5.41) is 12.7. The Morgan fingerprint density at radius 1 is 1.14 bits per heavy atom. The summed E-state index contributed by atoms with van der Waals surface area (Å²) in [6, 6.07) is 18.2. The highest BCUT2D eigenvalue weighted by atomic mass is 35.5. The molecule has 2 aromatic rings. The van der Waals surface area contributed by atoms with Crippen molar-refractivity contribution in [3.8, 4) is 6.07 Å². The molecular weight excluding hydrogens is 284 g/mol. The third kappa shape index (κ3) is 3.84. The number of hydrogen-bond acceptors (Lipinski definition) is 2. The number of hydrogen-bond donors (Lipinski definition) is 1. The van der Waals surface area contributed by atoms with E-state index in [1.165, 1.54) is 0 Å². The summed E-state index contributed by atoms with van der Waals surface area (Å²) in [5.74, 6) is -1.12. The summed E-state index contributed by atoms with van der Waals surface area (Å²) in [7, 11) is 0. The molecule has 0 saturated heterocycles. The van der Waals surface area contributed by atoms with Crippen LogP contribution in [0.25, 0.3) is 0 Å². The average molecular weight is 299 g/mol. The SMILES string of the molecule is CC(NC(=O)C(C#N)c1ccccc1)c1cccc(Cl)c1. The fourth-order valence-electron chi connectivity index (χ4n) is 2.09. The van der Waals surface area contributed by atoms with E-state index in [2.05, 4.69) is 5.32 Å². The number of carbonyl (C=O) groups excluding carboxylic acids is 1. The van der Waals surface area contributed by atoms with Gasteiger partial charge in [0.15, 0.2) is 0 Å². The van der Waals surface area contributed by atoms with Gasteiger partial charge in [-0.1, -0.05) is 54.1 Å². The molecular formula is C17H15ClN2O. The maximum absolute atomic E-state index is 12.3. The Morgan fingerprint density at radius 2 is 1.81 bits per heavy atom. The van der Waals surface area contributed by atoms with Gasteiger partial charge in [0.25, 0.3) is 0 Å². The van der Waals surface area contributed by atoms with Crippen molar-refractivity contribution in [2.45, 2.75) is 18.9 Å². The maximum Gasteiger partial charge on any atom is 0.242 e. The Morgan fingerprint density at radius 3 is 2.43 bits per heavy atom. The van der Waals surface area contributed by atoms with Crippen LogP contribution in [0, 0.1) is 11.3 Å². The van der Waals surface area contributed by atoms with Gasteiger partial charge in [0.05, 0.1) is 12.1 Å². The summed E-state index contributed by atoms with van der Waals surface area (Å²) >= 11 is 5.95. The zero-order valence-corrected chi connectivity index (χ0v) is 12.3. The molecule has 0 fully saturated rings. The van der Waals surface area contributed by atoms with Crippen molar-refractivity contribution in [3.05, 3.63) is 70.7 Å². The fourth-order valence-corrected chi connectivity index (χ4v) is 2.28. The van der Waals surface area contributed by atoms with Crippen LogP contribution in [0.5, 0.6) is 0 Å². The van der Waals surface area contributed by atoms with E-state index >= 15 is 0 Å². The third-order valence-electron chi connectivity index (χ3n) is 3.23. The van der Waals surface area contributed by atoms with E-state index < -0.39 is 5.92 Å². The lowest BCUT2D eigenvalue weighted by molar-refractivity contribution is -0.122. The van der Waals surface area contributed by atoms with Crippen LogP contribution in [0.1, 0.15) is 30.0 Å². The lowest BCUT2D eigenvalue weighted by Gasteiger charge is -2.17. The summed E-state index contributed by atoms with van der Waals surface area (Å²) in [4.78, 5) is 12.3. The minimum absolute atomic E-state index is 0.212. The van der Waals surface area contributed by atoms with E-state index in [0.717, 1.165) is 5.56 Å². The van der Waals surface area contributed by atoms with Crippen LogP contribution in [-0.4, -0.2) is 5.91 Å². The molecule has 0 aliphatic rings. The van der Waals surface area contributed by atoms with Gasteiger partial charge in [-0.15, -0.1) is 0 Å². The van der Waals surface area contributed by atoms with Crippen molar-refractivity contribution >= 4 is 17.5 Å². The molecule has 0 radical (unpaired) electrons. The number of halogens is 1. The first-order valence-corrected chi connectivity index (χ1v) is 7.00. The van der Waals surface area contributed by atoms with Crippen molar-refractivity contribution < 1.29 is 4.79 Å². The second-order valence-corrected chi connectivity index (χ2v) is 5.19. The number of amides is 1. The van der Waals surface area contributed by atoms with Gasteiger partial charge >= 0.3 is 0 Å². The highest BCUT2D eigenvalue weighted by molar-refractivity contribution is 6.30. The predicted octanol–water partition coefficient (Wildman–Crippen LogP) is 3.82. The minimum Gasteiger partial charge on any atom is -0.348 e. The van der Waals surface area contributed by atoms with Crippen molar-refractivity contribution in [1.82, 2.24) is 5.32 Å². The molecule has 0 aliphatic heterocycles. The molecule has 0 aliphatic carbocycles. The van der Waals surface area contributed by atoms with Gasteiger partial charge in [0.1, 0.15) is 5.92 Å². The Hall–Kier alpha value is -2.31. The molecule has 0 bridgehead atoms. The molecule has 0 spiro atoms. The van der Waals surface area contributed by atoms with E-state index in [4.69, 9.17) is 11.6 Å². The average Bonchev–Trinajstić information content (AvgIpc) is 2.49. The molecule has 2 aromatic carbocycles. The van der Waals surface area contributed by atoms with Gasteiger partial charge in [-0.25, -0.2) is 0 Å². The zero-order valence-electron chi connectivity index (χ0n) is 11.6. The van der Waals surface area contributed by atoms with Gasteiger partial charge in [-0.2, -0.15) is 5.26 Å². The molecule has 2 unspecified atom stereocenters. The Bertz CT molecular complexity index is 664. The Balaban J connectivity index is 2.12. The molecule has 0 aromatic heterocycles. The number of carbonyl (C=O) groups is 1. The number of nitrogens with one attached hydrogen (secondary N) is 1. The number of rotatable bonds is 4. The van der Waals surface area contributed by atoms with Gasteiger partial charge in [-0.05, 0) is 30.2 Å². The molecule has 106 valence electrons. The summed E-state index contributed by atoms with van der Waals surface area (Å²) < 4.78 is 0. The molecule has 0 heterocycles. The van der Waals surface area contributed by atoms with Crippen molar-refractivity contribution in [1.29, 1.82) is 5.26 Å². The predicted molar refractivity (Wildman–Crippen MR) is 82.8 cm³/mol. The lowest BCUT2D eigenvalue weighted by Crippen LogP contribution is -2.31. The standard InChI is InChI=1S/C17H15ClN2O/c1-12(14-8-5-9-15(18)10-14)20-17(21)16(11-19)13-6-3-2-4-7-13/h2-10,12,16H,1H3,(H,20,21). The van der Waals surface area contributed by atoms with Gasteiger partial charge in [0, 0.05) is 5.02 Å². The van der Waals surface area contributed by atoms with Crippen LogP contribution in [-0.2, 0) is 4.79 Å². The highest BCUT2D eigenvalue weighted by Crippen LogP contribution is 2.20. The molecule has 4 heteroatoms. The highest BCUT2D eigenvalue weighted by Gasteiger charge is 2.21. The van der Waals surface area contributed by atoms with Crippen LogP contribution >= 0.6 is 11.6 Å². The largest absolute Gasteiger partial charge is 0.348 e. The summed E-state index contributed by atoms with van der Waals surface area (Å²) in [6.07, 6.45) is 0. The molecule has 0 saturated carbocycles. The van der Waals surface area contributed by atoms with Crippen molar-refractivity contribution in [2.75, 3.05) is 0 Å². The van der Waals surface area contributed by atoms with Gasteiger partial charge in [0.2, 0.25) is 5.91 Å². The lowest BCUT2D eigenvalue weighted by atomic mass is 9.99. The van der Waals surface area contributed by atoms with E-state index in [0.29, 0.717) is 10.6 Å². The zero-order chi connectivity index (χ0) is 15.2. The number of nitriles is 1. The smallest absolute Gasteiger partial charge is 0.242 e. The van der Waals surface area contributed by atoms with E-state index in [1.807, 2.05) is 43.3 Å². The van der Waals surface area contributed by atoms with Gasteiger partial charge < -0.3 is 5.32 Å². The first-order chi connectivity index (χ1) is 10.1. The first kappa shape index (κ1) is 15.1. The Labute approximate surface area is 129 Å². The number of benzene rings is 2.